The van der Waals surface area contributed by atoms with E-state index in [2.05, 4.69) is 4.72 Å². The molecule has 0 aromatic heterocycles. The summed E-state index contributed by atoms with van der Waals surface area (Å²) in [7, 11) is -6.40. The Morgan fingerprint density at radius 1 is 1.25 bits per heavy atom. The van der Waals surface area contributed by atoms with Crippen molar-refractivity contribution in [3.63, 3.8) is 0 Å². The monoisotopic (exact) mass is 326 g/mol. The molecule has 20 heavy (non-hydrogen) atoms. The normalized spacial score (nSPS) is 12.3. The second kappa shape index (κ2) is 6.48. The lowest BCUT2D eigenvalue weighted by Gasteiger charge is -2.09. The van der Waals surface area contributed by atoms with E-state index >= 15 is 0 Å². The van der Waals surface area contributed by atoms with Crippen LogP contribution in [0.15, 0.2) is 23.1 Å². The summed E-state index contributed by atoms with van der Waals surface area (Å²) in [6, 6.07) is 2.52. The van der Waals surface area contributed by atoms with E-state index in [4.69, 9.17) is 9.88 Å². The van der Waals surface area contributed by atoms with E-state index in [9.17, 15) is 21.2 Å². The van der Waals surface area contributed by atoms with Gasteiger partial charge in [0.1, 0.15) is 5.82 Å². The number of halogens is 1. The van der Waals surface area contributed by atoms with Crippen molar-refractivity contribution in [1.82, 2.24) is 0 Å². The lowest BCUT2D eigenvalue weighted by Crippen LogP contribution is -2.19. The average molecular weight is 326 g/mol. The minimum Gasteiger partial charge on any atom is -0.385 e. The summed E-state index contributed by atoms with van der Waals surface area (Å²) in [6.07, 6.45) is 0.253. The fraction of sp³-hybridized carbons (Fsp3) is 0.400. The molecule has 1 aromatic rings. The van der Waals surface area contributed by atoms with Crippen LogP contribution in [0.2, 0.25) is 0 Å². The van der Waals surface area contributed by atoms with Crippen LogP contribution in [0.1, 0.15) is 6.42 Å². The quantitative estimate of drug-likeness (QED) is 0.697. The fourth-order valence-corrected chi connectivity index (χ4v) is 3.05. The molecular formula is C10H15FN2O5S2. The molecule has 0 aliphatic carbocycles. The Hall–Kier alpha value is -1.23. The summed E-state index contributed by atoms with van der Waals surface area (Å²) < 4.78 is 65.7. The molecule has 0 aliphatic rings. The van der Waals surface area contributed by atoms with Gasteiger partial charge in [0, 0.05) is 13.7 Å². The van der Waals surface area contributed by atoms with Crippen LogP contribution in [0.5, 0.6) is 0 Å². The highest BCUT2D eigenvalue weighted by Crippen LogP contribution is 2.18. The van der Waals surface area contributed by atoms with Crippen LogP contribution >= 0.6 is 0 Å². The third-order valence-electron chi connectivity index (χ3n) is 2.23. The molecule has 0 saturated heterocycles. The van der Waals surface area contributed by atoms with Crippen LogP contribution in [0.3, 0.4) is 0 Å². The zero-order chi connectivity index (χ0) is 15.4. The standard InChI is InChI=1S/C10H15FN2O5S2/c1-18-3-2-4-19(14,15)13-9-5-8(11)6-10(7-9)20(12,16)17/h5-7,13H,2-4H2,1H3,(H2,12,16,17). The maximum Gasteiger partial charge on any atom is 0.238 e. The first-order valence-corrected chi connectivity index (χ1v) is 8.67. The summed E-state index contributed by atoms with van der Waals surface area (Å²) in [6.45, 7) is 0.256. The van der Waals surface area contributed by atoms with Crippen LogP contribution in [-0.2, 0) is 24.8 Å². The summed E-state index contributed by atoms with van der Waals surface area (Å²) in [5.41, 5.74) is -0.202. The zero-order valence-corrected chi connectivity index (χ0v) is 12.3. The molecule has 1 rings (SSSR count). The van der Waals surface area contributed by atoms with Crippen molar-refractivity contribution in [1.29, 1.82) is 0 Å². The number of hydrogen-bond acceptors (Lipinski definition) is 5. The first-order chi connectivity index (χ1) is 9.14. The van der Waals surface area contributed by atoms with Crippen LogP contribution < -0.4 is 9.86 Å². The largest absolute Gasteiger partial charge is 0.385 e. The van der Waals surface area contributed by atoms with Gasteiger partial charge in [0.25, 0.3) is 0 Å². The Bertz CT molecular complexity index is 673. The molecule has 0 bridgehead atoms. The Balaban J connectivity index is 2.96. The van der Waals surface area contributed by atoms with Gasteiger partial charge in [0.15, 0.2) is 0 Å². The van der Waals surface area contributed by atoms with Crippen molar-refractivity contribution in [3.05, 3.63) is 24.0 Å². The molecule has 3 N–H and O–H groups in total. The van der Waals surface area contributed by atoms with E-state index < -0.39 is 30.8 Å². The molecule has 0 spiro atoms. The van der Waals surface area contributed by atoms with Gasteiger partial charge in [-0.25, -0.2) is 26.4 Å². The maximum atomic E-state index is 13.3. The third kappa shape index (κ3) is 5.41. The van der Waals surface area contributed by atoms with Crippen molar-refractivity contribution in [2.45, 2.75) is 11.3 Å². The molecule has 0 radical (unpaired) electrons. The van der Waals surface area contributed by atoms with Gasteiger partial charge in [-0.05, 0) is 24.6 Å². The van der Waals surface area contributed by atoms with Crippen LogP contribution in [0.4, 0.5) is 10.1 Å². The van der Waals surface area contributed by atoms with Gasteiger partial charge in [-0.2, -0.15) is 0 Å². The van der Waals surface area contributed by atoms with Crippen molar-refractivity contribution >= 4 is 25.7 Å². The Morgan fingerprint density at radius 2 is 1.90 bits per heavy atom. The predicted molar refractivity (Wildman–Crippen MR) is 71.7 cm³/mol. The van der Waals surface area contributed by atoms with Crippen LogP contribution in [0.25, 0.3) is 0 Å². The van der Waals surface area contributed by atoms with Crippen molar-refractivity contribution in [3.8, 4) is 0 Å². The Morgan fingerprint density at radius 3 is 2.45 bits per heavy atom. The minimum atomic E-state index is -4.12. The van der Waals surface area contributed by atoms with E-state index in [0.717, 1.165) is 12.1 Å². The fourth-order valence-electron chi connectivity index (χ4n) is 1.41. The first kappa shape index (κ1) is 16.8. The highest BCUT2D eigenvalue weighted by atomic mass is 32.2. The minimum absolute atomic E-state index is 0.202. The second-order valence-electron chi connectivity index (χ2n) is 3.99. The summed E-state index contributed by atoms with van der Waals surface area (Å²) >= 11 is 0. The SMILES string of the molecule is COCCCS(=O)(=O)Nc1cc(F)cc(S(N)(=O)=O)c1. The van der Waals surface area contributed by atoms with Gasteiger partial charge >= 0.3 is 0 Å². The summed E-state index contributed by atoms with van der Waals surface area (Å²) in [5, 5.41) is 4.87. The number of anilines is 1. The predicted octanol–water partition coefficient (Wildman–Crippen LogP) is 0.251. The topological polar surface area (TPSA) is 116 Å². The lowest BCUT2D eigenvalue weighted by molar-refractivity contribution is 0.199. The number of rotatable bonds is 7. The Labute approximate surface area is 117 Å². The highest BCUT2D eigenvalue weighted by molar-refractivity contribution is 7.92. The second-order valence-corrected chi connectivity index (χ2v) is 7.39. The van der Waals surface area contributed by atoms with Gasteiger partial charge in [-0.15, -0.1) is 0 Å². The smallest absolute Gasteiger partial charge is 0.238 e. The number of ether oxygens (including phenoxy) is 1. The Kier molecular flexibility index (Phi) is 5.45. The lowest BCUT2D eigenvalue weighted by atomic mass is 10.3. The molecule has 0 heterocycles. The number of nitrogens with two attached hydrogens (primary N) is 1. The molecular weight excluding hydrogens is 311 g/mol. The molecule has 114 valence electrons. The number of hydrogen-bond donors (Lipinski definition) is 2. The maximum absolute atomic E-state index is 13.3. The van der Waals surface area contributed by atoms with E-state index in [1.165, 1.54) is 7.11 Å². The van der Waals surface area contributed by atoms with Gasteiger partial charge in [-0.3, -0.25) is 4.72 Å². The summed E-state index contributed by atoms with van der Waals surface area (Å²) in [5.74, 6) is -1.15. The van der Waals surface area contributed by atoms with Crippen LogP contribution in [0, 0.1) is 5.82 Å². The van der Waals surface area contributed by atoms with Crippen molar-refractivity contribution in [2.24, 2.45) is 5.14 Å². The molecule has 0 unspecified atom stereocenters. The molecule has 0 saturated carbocycles. The van der Waals surface area contributed by atoms with Gasteiger partial charge in [0.2, 0.25) is 20.0 Å². The average Bonchev–Trinajstić information content (AvgIpc) is 2.26. The van der Waals surface area contributed by atoms with Crippen LogP contribution in [-0.4, -0.2) is 36.3 Å². The molecule has 7 nitrogen and oxygen atoms in total. The molecule has 0 atom stereocenters. The van der Waals surface area contributed by atoms with Gasteiger partial charge in [-0.1, -0.05) is 0 Å². The van der Waals surface area contributed by atoms with E-state index in [0.29, 0.717) is 6.07 Å². The zero-order valence-electron chi connectivity index (χ0n) is 10.7. The molecule has 0 fully saturated rings. The highest BCUT2D eigenvalue weighted by Gasteiger charge is 2.15. The van der Waals surface area contributed by atoms with Crippen molar-refractivity contribution < 1.29 is 26.0 Å². The summed E-state index contributed by atoms with van der Waals surface area (Å²) in [4.78, 5) is -0.507. The third-order valence-corrected chi connectivity index (χ3v) is 4.50. The number of nitrogens with one attached hydrogen (secondary N) is 1. The molecule has 0 aliphatic heterocycles. The molecule has 10 heteroatoms. The van der Waals surface area contributed by atoms with E-state index in [1.807, 2.05) is 0 Å². The number of benzene rings is 1. The molecule has 1 aromatic carbocycles. The van der Waals surface area contributed by atoms with Gasteiger partial charge in [0.05, 0.1) is 16.3 Å². The van der Waals surface area contributed by atoms with E-state index in [1.54, 1.807) is 0 Å². The number of primary sulfonamides is 1. The van der Waals surface area contributed by atoms with Gasteiger partial charge < -0.3 is 4.74 Å². The number of sulfonamides is 2. The number of methoxy groups -OCH3 is 1. The van der Waals surface area contributed by atoms with E-state index in [-0.39, 0.29) is 24.5 Å². The first-order valence-electron chi connectivity index (χ1n) is 5.47. The molecule has 0 amide bonds. The van der Waals surface area contributed by atoms with Crippen molar-refractivity contribution in [2.75, 3.05) is 24.2 Å².